The van der Waals surface area contributed by atoms with E-state index in [4.69, 9.17) is 0 Å². The van der Waals surface area contributed by atoms with Crippen LogP contribution in [0.4, 0.5) is 0 Å². The Labute approximate surface area is 104 Å². The van der Waals surface area contributed by atoms with Gasteiger partial charge in [0.15, 0.2) is 0 Å². The lowest BCUT2D eigenvalue weighted by atomic mass is 10.3. The maximum Gasteiger partial charge on any atom is 0.226 e. The topological polar surface area (TPSA) is 38.1 Å². The monoisotopic (exact) mass is 237 g/mol. The van der Waals surface area contributed by atoms with Gasteiger partial charge in [-0.15, -0.1) is 0 Å². The van der Waals surface area contributed by atoms with Gasteiger partial charge in [-0.1, -0.05) is 20.4 Å². The number of amides is 1. The molecule has 0 N–H and O–H groups in total. The van der Waals surface area contributed by atoms with Crippen molar-refractivity contribution in [1.29, 1.82) is 0 Å². The normalized spacial score (nSPS) is 13.8. The number of carbonyl (C=O) groups is 1. The number of carbonyl (C=O) groups excluding carboxylic acids is 1. The van der Waals surface area contributed by atoms with Gasteiger partial charge >= 0.3 is 0 Å². The summed E-state index contributed by atoms with van der Waals surface area (Å²) in [7, 11) is 3.67. The number of likely N-dealkylation sites (tertiary alicyclic amines) is 1. The third-order valence-corrected chi connectivity index (χ3v) is 2.32. The summed E-state index contributed by atoms with van der Waals surface area (Å²) in [5.74, 6) is 0.190. The van der Waals surface area contributed by atoms with Crippen LogP contribution in [-0.4, -0.2) is 27.6 Å². The third kappa shape index (κ3) is 5.33. The molecule has 2 rings (SSSR count). The molecule has 1 aromatic rings. The Kier molecular flexibility index (Phi) is 6.94. The maximum absolute atomic E-state index is 10.6. The highest BCUT2D eigenvalue weighted by atomic mass is 16.2. The highest BCUT2D eigenvalue weighted by molar-refractivity contribution is 5.80. The molecule has 0 bridgehead atoms. The molecule has 4 nitrogen and oxygen atoms in total. The molecule has 0 unspecified atom stereocenters. The predicted molar refractivity (Wildman–Crippen MR) is 70.4 cm³/mol. The van der Waals surface area contributed by atoms with Crippen molar-refractivity contribution in [3.8, 4) is 0 Å². The van der Waals surface area contributed by atoms with Crippen LogP contribution in [0.25, 0.3) is 0 Å². The first-order chi connectivity index (χ1) is 8.00. The van der Waals surface area contributed by atoms with Gasteiger partial charge in [-0.05, 0) is 19.4 Å². The van der Waals surface area contributed by atoms with Gasteiger partial charge in [0.2, 0.25) is 5.91 Å². The lowest BCUT2D eigenvalue weighted by molar-refractivity contribution is -0.125. The quantitative estimate of drug-likeness (QED) is 0.695. The summed E-state index contributed by atoms with van der Waals surface area (Å²) < 4.78 is 1.79. The van der Waals surface area contributed by atoms with E-state index in [1.54, 1.807) is 16.6 Å². The zero-order valence-electron chi connectivity index (χ0n) is 11.5. The summed E-state index contributed by atoms with van der Waals surface area (Å²) in [5, 5.41) is 4.03. The van der Waals surface area contributed by atoms with Gasteiger partial charge in [0.05, 0.1) is 5.69 Å². The molecule has 1 aromatic heterocycles. The first kappa shape index (κ1) is 15.4. The molecule has 96 valence electrons. The van der Waals surface area contributed by atoms with Crippen molar-refractivity contribution < 1.29 is 4.79 Å². The molecule has 1 saturated heterocycles. The van der Waals surface area contributed by atoms with Crippen molar-refractivity contribution in [2.24, 2.45) is 7.05 Å². The lowest BCUT2D eigenvalue weighted by Gasteiger charge is -2.06. The van der Waals surface area contributed by atoms with Crippen LogP contribution in [0.5, 0.6) is 0 Å². The van der Waals surface area contributed by atoms with Crippen LogP contribution in [0.2, 0.25) is 0 Å². The molecule has 1 aliphatic heterocycles. The van der Waals surface area contributed by atoms with Crippen LogP contribution in [0.3, 0.4) is 0 Å². The number of aryl methyl sites for hydroxylation is 2. The Bertz CT molecular complexity index is 336. The minimum atomic E-state index is 0.190. The average molecular weight is 237 g/mol. The van der Waals surface area contributed by atoms with E-state index in [9.17, 15) is 4.79 Å². The highest BCUT2D eigenvalue weighted by Crippen LogP contribution is 2.16. The molecule has 0 atom stereocenters. The van der Waals surface area contributed by atoms with E-state index in [0.29, 0.717) is 6.42 Å². The summed E-state index contributed by atoms with van der Waals surface area (Å²) in [4.78, 5) is 12.3. The lowest BCUT2D eigenvalue weighted by Crippen LogP contribution is -2.16. The molecule has 1 fully saturated rings. The molecular weight excluding hydrogens is 214 g/mol. The van der Waals surface area contributed by atoms with E-state index in [1.807, 2.05) is 40.1 Å². The average Bonchev–Trinajstić information content (AvgIpc) is 2.83. The van der Waals surface area contributed by atoms with Crippen molar-refractivity contribution in [3.63, 3.8) is 0 Å². The highest BCUT2D eigenvalue weighted by Gasteiger charge is 2.18. The minimum Gasteiger partial charge on any atom is -0.320 e. The second-order valence-electron chi connectivity index (χ2n) is 3.65. The number of nitrogens with zero attached hydrogens (tertiary/aromatic N) is 3. The van der Waals surface area contributed by atoms with Gasteiger partial charge < -0.3 is 4.90 Å². The van der Waals surface area contributed by atoms with Crippen molar-refractivity contribution >= 4 is 5.91 Å². The Morgan fingerprint density at radius 3 is 2.00 bits per heavy atom. The Morgan fingerprint density at radius 1 is 1.29 bits per heavy atom. The fraction of sp³-hybridized carbons (Fsp3) is 0.538. The van der Waals surface area contributed by atoms with Crippen LogP contribution < -0.4 is 0 Å². The number of aromatic nitrogens is 2. The Morgan fingerprint density at radius 2 is 1.88 bits per heavy atom. The van der Waals surface area contributed by atoms with E-state index in [0.717, 1.165) is 17.8 Å². The molecule has 0 saturated carbocycles. The largest absolute Gasteiger partial charge is 0.320 e. The second kappa shape index (κ2) is 7.65. The van der Waals surface area contributed by atoms with Crippen molar-refractivity contribution in [1.82, 2.24) is 14.7 Å². The Hall–Kier alpha value is -1.58. The summed E-state index contributed by atoms with van der Waals surface area (Å²) in [6.07, 6.45) is 3.42. The molecule has 0 aliphatic carbocycles. The number of hydrogen-bond acceptors (Lipinski definition) is 2. The van der Waals surface area contributed by atoms with Crippen LogP contribution in [0, 0.1) is 6.92 Å². The van der Waals surface area contributed by atoms with Crippen LogP contribution in [0.1, 0.15) is 32.4 Å². The standard InChI is InChI=1S/C6H9NO.C5H8N2.C2H6/c1-5-3-4-6(8)7(5)2;1-5-3-4-7(2)6-5;1-2/h1,3-4H2,2H3;3-4H,1-2H3;1-2H3. The molecule has 1 aliphatic rings. The summed E-state index contributed by atoms with van der Waals surface area (Å²) in [6, 6.07) is 1.97. The van der Waals surface area contributed by atoms with Gasteiger partial charge in [0.1, 0.15) is 0 Å². The molecule has 0 radical (unpaired) electrons. The van der Waals surface area contributed by atoms with Crippen molar-refractivity contribution in [2.45, 2.75) is 33.6 Å². The van der Waals surface area contributed by atoms with E-state index < -0.39 is 0 Å². The minimum absolute atomic E-state index is 0.190. The molecule has 0 spiro atoms. The van der Waals surface area contributed by atoms with Gasteiger partial charge in [-0.2, -0.15) is 5.10 Å². The molecular formula is C13H23N3O. The fourth-order valence-corrected chi connectivity index (χ4v) is 1.29. The number of allylic oxidation sites excluding steroid dienone is 1. The SMILES string of the molecule is C=C1CCC(=O)N1C.CC.Cc1ccn(C)n1. The van der Waals surface area contributed by atoms with E-state index >= 15 is 0 Å². The predicted octanol–water partition coefficient (Wildman–Crippen LogP) is 2.51. The van der Waals surface area contributed by atoms with Gasteiger partial charge in [0, 0.05) is 32.4 Å². The fourth-order valence-electron chi connectivity index (χ4n) is 1.29. The Balaban J connectivity index is 0.000000265. The first-order valence-electron chi connectivity index (χ1n) is 5.91. The van der Waals surface area contributed by atoms with Gasteiger partial charge in [-0.25, -0.2) is 0 Å². The maximum atomic E-state index is 10.6. The molecule has 0 aromatic carbocycles. The first-order valence-corrected chi connectivity index (χ1v) is 5.91. The molecule has 2 heterocycles. The summed E-state index contributed by atoms with van der Waals surface area (Å²) in [5.41, 5.74) is 2.01. The zero-order valence-corrected chi connectivity index (χ0v) is 11.5. The van der Waals surface area contributed by atoms with Crippen LogP contribution >= 0.6 is 0 Å². The molecule has 17 heavy (non-hydrogen) atoms. The van der Waals surface area contributed by atoms with Crippen LogP contribution in [0.15, 0.2) is 24.5 Å². The molecule has 1 amide bonds. The van der Waals surface area contributed by atoms with Gasteiger partial charge in [-0.3, -0.25) is 9.48 Å². The molecule has 4 heteroatoms. The zero-order chi connectivity index (χ0) is 13.4. The third-order valence-electron chi connectivity index (χ3n) is 2.32. The van der Waals surface area contributed by atoms with E-state index in [1.165, 1.54) is 0 Å². The van der Waals surface area contributed by atoms with E-state index in [2.05, 4.69) is 11.7 Å². The number of rotatable bonds is 0. The second-order valence-corrected chi connectivity index (χ2v) is 3.65. The summed E-state index contributed by atoms with van der Waals surface area (Å²) in [6.45, 7) is 9.66. The smallest absolute Gasteiger partial charge is 0.226 e. The van der Waals surface area contributed by atoms with Crippen LogP contribution in [-0.2, 0) is 11.8 Å². The summed E-state index contributed by atoms with van der Waals surface area (Å²) >= 11 is 0. The van der Waals surface area contributed by atoms with Crippen molar-refractivity contribution in [2.75, 3.05) is 7.05 Å². The van der Waals surface area contributed by atoms with Crippen molar-refractivity contribution in [3.05, 3.63) is 30.2 Å². The van der Waals surface area contributed by atoms with E-state index in [-0.39, 0.29) is 5.91 Å². The van der Waals surface area contributed by atoms with Gasteiger partial charge in [0.25, 0.3) is 0 Å². The number of hydrogen-bond donors (Lipinski definition) is 0.